The number of aromatic hydroxyl groups is 2. The quantitative estimate of drug-likeness (QED) is 0.0234. The number of hydrogen-bond donors (Lipinski definition) is 24. The number of phenols is 2. The van der Waals surface area contributed by atoms with Crippen LogP contribution in [-0.2, 0) is 115 Å². The van der Waals surface area contributed by atoms with E-state index >= 15 is 0 Å². The van der Waals surface area contributed by atoms with Crippen LogP contribution in [0.4, 0.5) is 4.79 Å². The molecular weight excluding hydrogens is 1750 g/mol. The third kappa shape index (κ3) is 40.0. The summed E-state index contributed by atoms with van der Waals surface area (Å²) >= 11 is 0.799. The molecule has 3 aromatic rings. The lowest BCUT2D eigenvalue weighted by Gasteiger charge is -2.30. The number of carboxylic acid groups (broad SMARTS) is 3. The molecule has 1 fully saturated rings. The number of nitrogens with two attached hydrogens (primary N) is 1. The highest BCUT2D eigenvalue weighted by Crippen LogP contribution is 2.21. The van der Waals surface area contributed by atoms with Gasteiger partial charge < -0.3 is 131 Å². The van der Waals surface area contributed by atoms with Gasteiger partial charge in [-0.25, -0.2) is 0 Å². The van der Waals surface area contributed by atoms with Crippen LogP contribution in [-0.4, -0.2) is 311 Å². The minimum atomic E-state index is -2.23. The summed E-state index contributed by atoms with van der Waals surface area (Å²) in [7, 11) is 0. The first kappa shape index (κ1) is 110. The number of aliphatic hydroxyl groups excluding tert-OH is 4. The summed E-state index contributed by atoms with van der Waals surface area (Å²) in [4.78, 5) is 270. The van der Waals surface area contributed by atoms with E-state index in [-0.39, 0.29) is 61.1 Å². The number of thioether (sulfide) groups is 1. The fraction of sp³-hybridized carbons (Fsp3) is 0.548. The Labute approximate surface area is 757 Å². The van der Waals surface area contributed by atoms with E-state index in [0.29, 0.717) is 36.9 Å². The van der Waals surface area contributed by atoms with Gasteiger partial charge >= 0.3 is 17.9 Å². The summed E-state index contributed by atoms with van der Waals surface area (Å²) in [5.41, 5.74) is 6.48. The maximum Gasteiger partial charge on any atom is 0.305 e. The standard InChI is InChI=1S/C84H120N16O30S/c1-8-44(4)69(81(126)93-57(33-50-19-24-53(106)25-20-50)75(120)89-55(30-43(2)3)74(119)91-59(35-67(113)114)73(118)88-45(5)14-12-13-27-85)98-80(125)62(39-102)95-76(121)56(32-49-17-22-52(105)23-18-49)90-77(122)60(36-68(115)116)92-79(124)61(38-101)96-83(128)71(47(7)104)99-78(123)58(31-48-15-10-9-11-16-48)94-82(127)70(46(6)103)97-63(108)37-87-72(117)51(21-26-66(111)112)34-54(107)40-130-41-64(109)86-28-29-100-65(110)42-131-84(100)129/h9-11,15-20,22-25,43-47,51,55-62,69-71,101-106H,8,12-14,21,26-42,85H2,1-7H3,(H,86,109)(H,87,117)(H,88,118)(H,89,120)(H,90,122)(H,91,119)(H,92,124)(H,93,126)(H,94,127)(H,95,121)(H,96,128)(H,97,108)(H,98,125)(H,99,123)(H,111,112)(H,113,114)(H,115,116)/t44-,45+,46+,47+,51+,55-,56-,57-,58-,59-,60-,61-,62-,69-,70-,71-/m0/s1. The monoisotopic (exact) mass is 1860 g/mol. The van der Waals surface area contributed by atoms with Crippen molar-refractivity contribution in [1.82, 2.24) is 79.3 Å². The Balaban J connectivity index is 1.53. The molecular formula is C84H120N16O30S. The number of aliphatic hydroxyl groups is 4. The topological polar surface area (TPSA) is 730 Å². The Morgan fingerprint density at radius 1 is 0.450 bits per heavy atom. The maximum atomic E-state index is 14.7. The number of imide groups is 1. The number of amides is 16. The number of carbonyl (C=O) groups is 20. The second kappa shape index (κ2) is 56.6. The van der Waals surface area contributed by atoms with Crippen molar-refractivity contribution in [3.8, 4) is 11.5 Å². The number of carbonyl (C=O) groups excluding carboxylic acids is 17. The zero-order chi connectivity index (χ0) is 97.9. The molecule has 0 bridgehead atoms. The van der Waals surface area contributed by atoms with Gasteiger partial charge in [0.2, 0.25) is 88.6 Å². The van der Waals surface area contributed by atoms with Crippen LogP contribution in [0.5, 0.6) is 11.5 Å². The second-order valence-electron chi connectivity index (χ2n) is 31.7. The molecule has 3 aromatic carbocycles. The fourth-order valence-electron chi connectivity index (χ4n) is 13.0. The van der Waals surface area contributed by atoms with Crippen molar-refractivity contribution in [1.29, 1.82) is 0 Å². The molecule has 1 aliphatic rings. The molecule has 722 valence electrons. The van der Waals surface area contributed by atoms with Crippen molar-refractivity contribution in [3.05, 3.63) is 95.6 Å². The number of carboxylic acids is 3. The molecule has 0 unspecified atom stereocenters. The average Bonchev–Trinajstić information content (AvgIpc) is 1.01. The highest BCUT2D eigenvalue weighted by Gasteiger charge is 2.41. The van der Waals surface area contributed by atoms with Gasteiger partial charge in [-0.2, -0.15) is 0 Å². The summed E-state index contributed by atoms with van der Waals surface area (Å²) in [5.74, 6) is -25.0. The number of nitrogens with one attached hydrogen (secondary N) is 14. The number of aliphatic carboxylic acids is 3. The Hall–Kier alpha value is -12.8. The highest BCUT2D eigenvalue weighted by atomic mass is 32.2. The smallest absolute Gasteiger partial charge is 0.305 e. The lowest BCUT2D eigenvalue weighted by atomic mass is 9.96. The molecule has 1 heterocycles. The number of benzene rings is 3. The zero-order valence-electron chi connectivity index (χ0n) is 73.4. The van der Waals surface area contributed by atoms with Crippen molar-refractivity contribution >= 4 is 129 Å². The van der Waals surface area contributed by atoms with Crippen LogP contribution in [0.1, 0.15) is 129 Å². The first-order valence-electron chi connectivity index (χ1n) is 42.1. The molecule has 16 atom stereocenters. The molecule has 4 rings (SSSR count). The molecule has 0 aliphatic carbocycles. The number of rotatable bonds is 60. The number of unbranched alkanes of at least 4 members (excludes halogenated alkanes) is 1. The zero-order valence-corrected chi connectivity index (χ0v) is 74.2. The van der Waals surface area contributed by atoms with E-state index in [1.54, 1.807) is 45.9 Å². The van der Waals surface area contributed by atoms with Crippen molar-refractivity contribution in [2.24, 2.45) is 23.5 Å². The predicted molar refractivity (Wildman–Crippen MR) is 463 cm³/mol. The summed E-state index contributed by atoms with van der Waals surface area (Å²) in [6.07, 6.45) is -7.01. The molecule has 1 saturated heterocycles. The first-order chi connectivity index (χ1) is 61.9. The normalized spacial score (nSPS) is 15.5. The van der Waals surface area contributed by atoms with Crippen molar-refractivity contribution < 1.29 is 147 Å². The number of Topliss-reactive ketones (excluding diaryl/α,β-unsaturated/α-hetero) is 1. The van der Waals surface area contributed by atoms with E-state index in [2.05, 4.69) is 74.4 Å². The van der Waals surface area contributed by atoms with Gasteiger partial charge in [0.1, 0.15) is 91.2 Å². The molecule has 25 N–H and O–H groups in total. The van der Waals surface area contributed by atoms with Gasteiger partial charge in [-0.1, -0.05) is 107 Å². The first-order valence-corrected chi connectivity index (χ1v) is 43.1. The highest BCUT2D eigenvalue weighted by molar-refractivity contribution is 8.14. The van der Waals surface area contributed by atoms with Crippen LogP contribution in [0.3, 0.4) is 0 Å². The summed E-state index contributed by atoms with van der Waals surface area (Å²) in [5, 5.41) is 125. The maximum absolute atomic E-state index is 14.7. The van der Waals surface area contributed by atoms with Crippen LogP contribution in [0.25, 0.3) is 0 Å². The van der Waals surface area contributed by atoms with Crippen LogP contribution >= 0.6 is 11.8 Å². The van der Waals surface area contributed by atoms with Crippen molar-refractivity contribution in [2.45, 2.75) is 217 Å². The van der Waals surface area contributed by atoms with E-state index in [1.807, 2.05) is 0 Å². The van der Waals surface area contributed by atoms with Gasteiger partial charge in [-0.15, -0.1) is 0 Å². The molecule has 0 aromatic heterocycles. The number of ether oxygens (including phenoxy) is 1. The molecule has 0 saturated carbocycles. The molecule has 131 heavy (non-hydrogen) atoms. The minimum absolute atomic E-state index is 0.0407. The molecule has 46 nitrogen and oxygen atoms in total. The lowest BCUT2D eigenvalue weighted by molar-refractivity contribution is -0.142. The number of hydrogen-bond acceptors (Lipinski definition) is 29. The minimum Gasteiger partial charge on any atom is -0.508 e. The molecule has 0 spiro atoms. The number of phenolic OH excluding ortho intramolecular Hbond substituents is 2. The Kier molecular flexibility index (Phi) is 47.7. The van der Waals surface area contributed by atoms with E-state index in [1.165, 1.54) is 67.6 Å². The van der Waals surface area contributed by atoms with Crippen molar-refractivity contribution in [2.75, 3.05) is 58.4 Å². The van der Waals surface area contributed by atoms with E-state index in [9.17, 15) is 142 Å². The average molecular weight is 1870 g/mol. The van der Waals surface area contributed by atoms with Crippen LogP contribution in [0, 0.1) is 17.8 Å². The molecule has 0 radical (unpaired) electrons. The third-order valence-corrected chi connectivity index (χ3v) is 21.2. The summed E-state index contributed by atoms with van der Waals surface area (Å²) < 4.78 is 5.14. The van der Waals surface area contributed by atoms with Gasteiger partial charge in [-0.05, 0) is 106 Å². The van der Waals surface area contributed by atoms with Crippen LogP contribution in [0.2, 0.25) is 0 Å². The molecule has 16 amide bonds. The largest absolute Gasteiger partial charge is 0.508 e. The Morgan fingerprint density at radius 3 is 1.34 bits per heavy atom. The van der Waals surface area contributed by atoms with Gasteiger partial charge in [-0.3, -0.25) is 101 Å². The lowest BCUT2D eigenvalue weighted by Crippen LogP contribution is -2.63. The third-order valence-electron chi connectivity index (χ3n) is 20.3. The molecule has 47 heteroatoms. The van der Waals surface area contributed by atoms with Crippen LogP contribution in [0.15, 0.2) is 78.9 Å². The fourth-order valence-corrected chi connectivity index (χ4v) is 13.7. The van der Waals surface area contributed by atoms with Gasteiger partial charge in [0.15, 0.2) is 5.78 Å². The number of ketones is 1. The van der Waals surface area contributed by atoms with Gasteiger partial charge in [0.25, 0.3) is 5.24 Å². The van der Waals surface area contributed by atoms with E-state index in [0.717, 1.165) is 30.5 Å². The predicted octanol–water partition coefficient (Wildman–Crippen LogP) is -5.74. The van der Waals surface area contributed by atoms with Gasteiger partial charge in [0.05, 0.1) is 50.6 Å². The van der Waals surface area contributed by atoms with E-state index in [4.69, 9.17) is 10.5 Å². The second-order valence-corrected chi connectivity index (χ2v) is 32.6. The summed E-state index contributed by atoms with van der Waals surface area (Å²) in [6, 6.07) is -2.84. The van der Waals surface area contributed by atoms with Crippen molar-refractivity contribution in [3.63, 3.8) is 0 Å². The Bertz CT molecular complexity index is 4420. The van der Waals surface area contributed by atoms with E-state index < -0.39 is 292 Å². The molecule has 1 aliphatic heterocycles. The number of nitrogens with zero attached hydrogens (tertiary/aromatic N) is 1. The Morgan fingerprint density at radius 2 is 0.870 bits per heavy atom. The van der Waals surface area contributed by atoms with Crippen LogP contribution < -0.4 is 80.2 Å². The van der Waals surface area contributed by atoms with Gasteiger partial charge in [0, 0.05) is 57.2 Å². The summed E-state index contributed by atoms with van der Waals surface area (Å²) in [6.45, 7) is 5.52. The SMILES string of the molecule is CC[C@H](C)[C@H](NC(=O)[C@H](CO)NC(=O)[C@H](Cc1ccc(O)cc1)NC(=O)[C@H](CC(=O)O)NC(=O)[C@H](CO)NC(=O)[C@@H](NC(=O)[C@H](Cc1ccccc1)NC(=O)[C@@H](NC(=O)CNC(=O)[C@H](CCC(=O)O)CC(=O)COCC(=O)NCCN1C(=O)CSC1=O)[C@@H](C)O)[C@@H](C)O)C(=O)N[C@@H](Cc1ccc(O)cc1)C(=O)N[C@@H](CC(C)C)C(=O)N[C@@H](CC(=O)O)C(=O)N[C@H](C)CCCCN.